The molecule has 0 unspecified atom stereocenters. The minimum atomic E-state index is -1.09. The third kappa shape index (κ3) is 5.17. The third-order valence-corrected chi connectivity index (χ3v) is 3.25. The van der Waals surface area contributed by atoms with E-state index in [0.29, 0.717) is 12.3 Å². The summed E-state index contributed by atoms with van der Waals surface area (Å²) in [6, 6.07) is -0.962. The Morgan fingerprint density at radius 3 is 2.41 bits per heavy atom. The van der Waals surface area contributed by atoms with Gasteiger partial charge in [-0.05, 0) is 18.8 Å². The molecule has 0 aromatic rings. The lowest BCUT2D eigenvalue weighted by molar-refractivity contribution is -0.142. The molecule has 0 spiro atoms. The Bertz CT molecular complexity index is 261. The number of carboxylic acids is 1. The number of hydrogen-bond acceptors (Lipinski definition) is 3. The van der Waals surface area contributed by atoms with Crippen molar-refractivity contribution in [3.63, 3.8) is 0 Å². The second-order valence-corrected chi connectivity index (χ2v) is 4.68. The normalized spacial score (nSPS) is 18.6. The molecule has 0 radical (unpaired) electrons. The van der Waals surface area contributed by atoms with Gasteiger partial charge in [-0.2, -0.15) is 0 Å². The van der Waals surface area contributed by atoms with Crippen LogP contribution in [0.15, 0.2) is 0 Å². The Hall–Kier alpha value is -1.10. The van der Waals surface area contributed by atoms with E-state index in [-0.39, 0.29) is 18.9 Å². The molecule has 1 aliphatic carbocycles. The second-order valence-electron chi connectivity index (χ2n) is 4.68. The van der Waals surface area contributed by atoms with E-state index in [1.165, 1.54) is 6.42 Å². The zero-order valence-electron chi connectivity index (χ0n) is 10.0. The highest BCUT2D eigenvalue weighted by molar-refractivity contribution is 5.83. The zero-order chi connectivity index (χ0) is 12.7. The lowest BCUT2D eigenvalue weighted by atomic mass is 9.87. The molecule has 3 N–H and O–H groups in total. The van der Waals surface area contributed by atoms with Gasteiger partial charge in [0.2, 0.25) is 5.91 Å². The predicted molar refractivity (Wildman–Crippen MR) is 62.5 cm³/mol. The van der Waals surface area contributed by atoms with E-state index in [4.69, 9.17) is 10.2 Å². The highest BCUT2D eigenvalue weighted by atomic mass is 16.4. The molecule has 1 saturated carbocycles. The van der Waals surface area contributed by atoms with E-state index in [0.717, 1.165) is 25.7 Å². The summed E-state index contributed by atoms with van der Waals surface area (Å²) in [7, 11) is 0. The SMILES string of the molecule is O=C(CC1CCCCC1)N[C@@H](CCO)C(=O)O. The average molecular weight is 243 g/mol. The zero-order valence-corrected chi connectivity index (χ0v) is 10.0. The third-order valence-electron chi connectivity index (χ3n) is 3.25. The van der Waals surface area contributed by atoms with E-state index in [9.17, 15) is 9.59 Å². The second kappa shape index (κ2) is 7.27. The maximum atomic E-state index is 11.6. The van der Waals surface area contributed by atoms with Crippen LogP contribution in [0.3, 0.4) is 0 Å². The van der Waals surface area contributed by atoms with Crippen molar-refractivity contribution >= 4 is 11.9 Å². The molecule has 0 heterocycles. The summed E-state index contributed by atoms with van der Waals surface area (Å²) in [5, 5.41) is 20.0. The highest BCUT2D eigenvalue weighted by Crippen LogP contribution is 2.26. The first-order valence-corrected chi connectivity index (χ1v) is 6.26. The molecule has 0 aliphatic heterocycles. The number of nitrogens with one attached hydrogen (secondary N) is 1. The van der Waals surface area contributed by atoms with Crippen LogP contribution in [-0.2, 0) is 9.59 Å². The average Bonchev–Trinajstić information content (AvgIpc) is 2.29. The molecule has 1 aliphatic rings. The number of carbonyl (C=O) groups is 2. The molecule has 17 heavy (non-hydrogen) atoms. The number of rotatable bonds is 6. The molecular weight excluding hydrogens is 222 g/mol. The summed E-state index contributed by atoms with van der Waals surface area (Å²) >= 11 is 0. The Kier molecular flexibility index (Phi) is 5.97. The van der Waals surface area contributed by atoms with Crippen LogP contribution in [0.5, 0.6) is 0 Å². The van der Waals surface area contributed by atoms with Crippen molar-refractivity contribution in [3.05, 3.63) is 0 Å². The molecule has 5 heteroatoms. The maximum absolute atomic E-state index is 11.6. The molecule has 0 aromatic carbocycles. The first-order valence-electron chi connectivity index (χ1n) is 6.26. The molecule has 0 saturated heterocycles. The lowest BCUT2D eigenvalue weighted by Gasteiger charge is -2.22. The van der Waals surface area contributed by atoms with Crippen molar-refractivity contribution in [2.24, 2.45) is 5.92 Å². The van der Waals surface area contributed by atoms with Gasteiger partial charge in [0.25, 0.3) is 0 Å². The molecule has 5 nitrogen and oxygen atoms in total. The van der Waals surface area contributed by atoms with Crippen LogP contribution in [0.4, 0.5) is 0 Å². The van der Waals surface area contributed by atoms with Crippen LogP contribution in [0.25, 0.3) is 0 Å². The minimum Gasteiger partial charge on any atom is -0.480 e. The van der Waals surface area contributed by atoms with Crippen LogP contribution in [0, 0.1) is 5.92 Å². The fourth-order valence-electron chi connectivity index (χ4n) is 2.29. The number of carboxylic acid groups (broad SMARTS) is 1. The fraction of sp³-hybridized carbons (Fsp3) is 0.833. The van der Waals surface area contributed by atoms with Gasteiger partial charge in [-0.1, -0.05) is 19.3 Å². The van der Waals surface area contributed by atoms with Gasteiger partial charge in [0, 0.05) is 19.4 Å². The lowest BCUT2D eigenvalue weighted by Crippen LogP contribution is -2.42. The van der Waals surface area contributed by atoms with Crippen molar-refractivity contribution < 1.29 is 19.8 Å². The van der Waals surface area contributed by atoms with Crippen molar-refractivity contribution in [2.45, 2.75) is 51.0 Å². The summed E-state index contributed by atoms with van der Waals surface area (Å²) in [5.74, 6) is -0.902. The van der Waals surface area contributed by atoms with Crippen LogP contribution < -0.4 is 5.32 Å². The quantitative estimate of drug-likeness (QED) is 0.647. The predicted octanol–water partition coefficient (Wildman–Crippen LogP) is 0.909. The summed E-state index contributed by atoms with van der Waals surface area (Å²) in [6.07, 6.45) is 6.16. The van der Waals surface area contributed by atoms with Crippen molar-refractivity contribution in [2.75, 3.05) is 6.61 Å². The van der Waals surface area contributed by atoms with E-state index < -0.39 is 12.0 Å². The standard InChI is InChI=1S/C12H21NO4/c14-7-6-10(12(16)17)13-11(15)8-9-4-2-1-3-5-9/h9-10,14H,1-8H2,(H,13,15)(H,16,17)/t10-/m0/s1. The molecular formula is C12H21NO4. The number of carbonyl (C=O) groups excluding carboxylic acids is 1. The Morgan fingerprint density at radius 1 is 1.24 bits per heavy atom. The monoisotopic (exact) mass is 243 g/mol. The fourth-order valence-corrected chi connectivity index (χ4v) is 2.29. The van der Waals surface area contributed by atoms with Crippen molar-refractivity contribution in [1.29, 1.82) is 0 Å². The van der Waals surface area contributed by atoms with Gasteiger partial charge in [-0.3, -0.25) is 4.79 Å². The minimum absolute atomic E-state index is 0.0613. The van der Waals surface area contributed by atoms with Gasteiger partial charge in [0.05, 0.1) is 0 Å². The molecule has 1 amide bonds. The molecule has 1 fully saturated rings. The van der Waals surface area contributed by atoms with Crippen LogP contribution in [0.1, 0.15) is 44.9 Å². The molecule has 1 rings (SSSR count). The Morgan fingerprint density at radius 2 is 1.88 bits per heavy atom. The molecule has 98 valence electrons. The highest BCUT2D eigenvalue weighted by Gasteiger charge is 2.22. The summed E-state index contributed by atoms with van der Waals surface area (Å²) in [5.41, 5.74) is 0. The first kappa shape index (κ1) is 14.0. The van der Waals surface area contributed by atoms with Crippen molar-refractivity contribution in [1.82, 2.24) is 5.32 Å². The topological polar surface area (TPSA) is 86.6 Å². The van der Waals surface area contributed by atoms with Gasteiger partial charge in [-0.15, -0.1) is 0 Å². The van der Waals surface area contributed by atoms with Crippen LogP contribution in [-0.4, -0.2) is 34.7 Å². The Labute approximate surface area is 101 Å². The van der Waals surface area contributed by atoms with E-state index >= 15 is 0 Å². The van der Waals surface area contributed by atoms with Crippen molar-refractivity contribution in [3.8, 4) is 0 Å². The van der Waals surface area contributed by atoms with Gasteiger partial charge in [0.15, 0.2) is 0 Å². The first-order chi connectivity index (χ1) is 8.13. The number of amides is 1. The van der Waals surface area contributed by atoms with Gasteiger partial charge in [0.1, 0.15) is 6.04 Å². The Balaban J connectivity index is 2.33. The number of aliphatic hydroxyl groups is 1. The van der Waals surface area contributed by atoms with E-state index in [2.05, 4.69) is 5.32 Å². The van der Waals surface area contributed by atoms with Gasteiger partial charge >= 0.3 is 5.97 Å². The van der Waals surface area contributed by atoms with E-state index in [1.807, 2.05) is 0 Å². The number of aliphatic carboxylic acids is 1. The van der Waals surface area contributed by atoms with Gasteiger partial charge in [-0.25, -0.2) is 4.79 Å². The largest absolute Gasteiger partial charge is 0.480 e. The maximum Gasteiger partial charge on any atom is 0.326 e. The summed E-state index contributed by atoms with van der Waals surface area (Å²) in [4.78, 5) is 22.4. The van der Waals surface area contributed by atoms with E-state index in [1.54, 1.807) is 0 Å². The molecule has 0 aromatic heterocycles. The van der Waals surface area contributed by atoms with Crippen LogP contribution >= 0.6 is 0 Å². The number of aliphatic hydroxyl groups excluding tert-OH is 1. The molecule has 0 bridgehead atoms. The van der Waals surface area contributed by atoms with Crippen LogP contribution in [0.2, 0.25) is 0 Å². The summed E-state index contributed by atoms with van der Waals surface area (Å²) in [6.45, 7) is -0.235. The number of hydrogen-bond donors (Lipinski definition) is 3. The van der Waals surface area contributed by atoms with Gasteiger partial charge < -0.3 is 15.5 Å². The molecule has 1 atom stereocenters. The summed E-state index contributed by atoms with van der Waals surface area (Å²) < 4.78 is 0. The smallest absolute Gasteiger partial charge is 0.326 e.